The summed E-state index contributed by atoms with van der Waals surface area (Å²) < 4.78 is 25.0. The van der Waals surface area contributed by atoms with Crippen molar-refractivity contribution in [2.75, 3.05) is 0 Å². The summed E-state index contributed by atoms with van der Waals surface area (Å²) in [4.78, 5) is 24.4. The van der Waals surface area contributed by atoms with Crippen molar-refractivity contribution in [1.82, 2.24) is 0 Å². The number of carbonyl (C=O) groups excluding carboxylic acids is 2. The fraction of sp³-hybridized carbons (Fsp3) is 0.833. The van der Waals surface area contributed by atoms with Crippen molar-refractivity contribution in [3.8, 4) is 0 Å². The number of carbonyl (C=O) groups is 2. The first kappa shape index (κ1) is 15.3. The Morgan fingerprint density at radius 2 is 2.16 bits per heavy atom. The van der Waals surface area contributed by atoms with Gasteiger partial charge in [-0.1, -0.05) is 13.8 Å². The maximum atomic E-state index is 12.4. The van der Waals surface area contributed by atoms with E-state index < -0.39 is 32.5 Å². The van der Waals surface area contributed by atoms with Crippen LogP contribution in [-0.4, -0.2) is 24.8 Å². The van der Waals surface area contributed by atoms with Crippen LogP contribution in [0.5, 0.6) is 0 Å². The van der Waals surface area contributed by atoms with Crippen molar-refractivity contribution in [1.29, 1.82) is 0 Å². The number of ketones is 2. The lowest BCUT2D eigenvalue weighted by Gasteiger charge is -2.46. The van der Waals surface area contributed by atoms with Crippen molar-refractivity contribution in [2.45, 2.75) is 44.5 Å². The molecule has 0 aromatic heterocycles. The molecular weight excluding hydrogens is 336 g/mol. The molecule has 2 rings (SSSR count). The van der Waals surface area contributed by atoms with Gasteiger partial charge in [-0.25, -0.2) is 4.21 Å². The highest BCUT2D eigenvalue weighted by Gasteiger charge is 2.74. The summed E-state index contributed by atoms with van der Waals surface area (Å²) in [6.45, 7) is 5.06. The molecule has 0 aromatic carbocycles. The van der Waals surface area contributed by atoms with Gasteiger partial charge >= 0.3 is 0 Å². The molecule has 0 heterocycles. The fourth-order valence-electron chi connectivity index (χ4n) is 3.95. The molecule has 0 aromatic rings. The molecule has 0 saturated heterocycles. The summed E-state index contributed by atoms with van der Waals surface area (Å²) in [6.07, 6.45) is 1.64. The summed E-state index contributed by atoms with van der Waals surface area (Å²) in [6, 6.07) is 0. The van der Waals surface area contributed by atoms with Gasteiger partial charge in [-0.15, -0.1) is 0 Å². The van der Waals surface area contributed by atoms with Crippen LogP contribution in [0.3, 0.4) is 0 Å². The molecule has 0 spiro atoms. The zero-order valence-corrected chi connectivity index (χ0v) is 13.4. The van der Waals surface area contributed by atoms with E-state index >= 15 is 0 Å². The molecule has 2 fully saturated rings. The van der Waals surface area contributed by atoms with Crippen molar-refractivity contribution in [2.24, 2.45) is 16.7 Å². The third-order valence-electron chi connectivity index (χ3n) is 5.08. The summed E-state index contributed by atoms with van der Waals surface area (Å²) in [5.41, 5.74) is -1.59. The second-order valence-corrected chi connectivity index (χ2v) is 7.62. The average molecular weight is 352 g/mol. The quantitative estimate of drug-likeness (QED) is 0.570. The summed E-state index contributed by atoms with van der Waals surface area (Å²) in [7, 11) is 0. The second-order valence-electron chi connectivity index (χ2n) is 5.93. The largest absolute Gasteiger partial charge is 0.750 e. The van der Waals surface area contributed by atoms with E-state index in [-0.39, 0.29) is 11.7 Å². The highest BCUT2D eigenvalue weighted by atomic mass is 79.9. The van der Waals surface area contributed by atoms with E-state index in [1.165, 1.54) is 6.92 Å². The van der Waals surface area contributed by atoms with Gasteiger partial charge in [0.1, 0.15) is 5.78 Å². The molecule has 5 nitrogen and oxygen atoms in total. The first-order valence-corrected chi connectivity index (χ1v) is 7.91. The molecule has 2 saturated carbocycles. The van der Waals surface area contributed by atoms with Gasteiger partial charge in [0.2, 0.25) is 4.51 Å². The number of rotatable bonds is 4. The van der Waals surface area contributed by atoms with Crippen LogP contribution in [0, 0.1) is 16.7 Å². The lowest BCUT2D eigenvalue weighted by Crippen LogP contribution is -2.58. The van der Waals surface area contributed by atoms with Crippen molar-refractivity contribution < 1.29 is 22.5 Å². The van der Waals surface area contributed by atoms with Gasteiger partial charge in [-0.3, -0.25) is 13.8 Å². The molecule has 2 aliphatic carbocycles. The number of fused-ring (bicyclic) bond motifs is 2. The Labute approximate surface area is 123 Å². The van der Waals surface area contributed by atoms with Crippen LogP contribution in [0.2, 0.25) is 0 Å². The summed E-state index contributed by atoms with van der Waals surface area (Å²) >= 11 is 0.273. The van der Waals surface area contributed by atoms with Crippen LogP contribution in [-0.2, 0) is 25.1 Å². The average Bonchev–Trinajstić information content (AvgIpc) is 2.61. The number of hydrogen-bond donors (Lipinski definition) is 0. The molecule has 108 valence electrons. The van der Waals surface area contributed by atoms with Crippen molar-refractivity contribution in [3.63, 3.8) is 0 Å². The molecule has 4 atom stereocenters. The Morgan fingerprint density at radius 1 is 1.58 bits per heavy atom. The van der Waals surface area contributed by atoms with Crippen LogP contribution < -0.4 is 0 Å². The first-order valence-electron chi connectivity index (χ1n) is 6.11. The van der Waals surface area contributed by atoms with Crippen molar-refractivity contribution in [3.05, 3.63) is 0 Å². The van der Waals surface area contributed by atoms with E-state index in [0.29, 0.717) is 12.8 Å². The molecule has 7 heteroatoms. The van der Waals surface area contributed by atoms with E-state index in [1.807, 2.05) is 13.8 Å². The van der Waals surface area contributed by atoms with Gasteiger partial charge < -0.3 is 4.55 Å². The molecule has 2 bridgehead atoms. The first-order chi connectivity index (χ1) is 8.59. The van der Waals surface area contributed by atoms with Gasteiger partial charge in [0.05, 0.1) is 16.8 Å². The lowest BCUT2D eigenvalue weighted by molar-refractivity contribution is -0.149. The minimum Gasteiger partial charge on any atom is -0.750 e. The normalized spacial score (nSPS) is 37.1. The van der Waals surface area contributed by atoms with E-state index in [2.05, 4.69) is 15.9 Å². The van der Waals surface area contributed by atoms with Gasteiger partial charge in [0.15, 0.2) is 5.78 Å². The zero-order chi connectivity index (χ0) is 14.6. The second kappa shape index (κ2) is 4.44. The van der Waals surface area contributed by atoms with Crippen LogP contribution in [0.4, 0.5) is 0 Å². The third kappa shape index (κ3) is 1.74. The van der Waals surface area contributed by atoms with Gasteiger partial charge in [-0.05, 0) is 47.0 Å². The van der Waals surface area contributed by atoms with E-state index in [9.17, 15) is 18.4 Å². The van der Waals surface area contributed by atoms with Gasteiger partial charge in [-0.2, -0.15) is 0 Å². The van der Waals surface area contributed by atoms with E-state index in [0.717, 1.165) is 6.42 Å². The molecular formula is C12H16BrO5S-. The summed E-state index contributed by atoms with van der Waals surface area (Å²) in [5, 5.41) is 0. The third-order valence-corrected chi connectivity index (χ3v) is 7.08. The highest BCUT2D eigenvalue weighted by Crippen LogP contribution is 2.70. The number of hydrogen-bond acceptors (Lipinski definition) is 5. The Hall–Kier alpha value is -0.110. The molecule has 2 aliphatic rings. The number of halogens is 1. The standard InChI is InChI=1S/C12H17BrO5S/c1-7(14)12(13,18-19(16)17)11-5-4-8(6-9(11)15)10(11,2)3/h8H,4-6H2,1-3H3,(H,16,17)/p-1. The minimum absolute atomic E-state index is 0.0914. The molecule has 0 amide bonds. The van der Waals surface area contributed by atoms with Crippen LogP contribution in [0.15, 0.2) is 0 Å². The van der Waals surface area contributed by atoms with Gasteiger partial charge in [0.25, 0.3) is 0 Å². The van der Waals surface area contributed by atoms with E-state index in [1.54, 1.807) is 0 Å². The molecule has 0 radical (unpaired) electrons. The molecule has 19 heavy (non-hydrogen) atoms. The minimum atomic E-state index is -2.88. The van der Waals surface area contributed by atoms with E-state index in [4.69, 9.17) is 4.18 Å². The maximum Gasteiger partial charge on any atom is 0.209 e. The topological polar surface area (TPSA) is 83.5 Å². The number of alkyl halides is 1. The Balaban J connectivity index is 2.60. The van der Waals surface area contributed by atoms with Gasteiger partial charge in [0, 0.05) is 6.42 Å². The number of Topliss-reactive ketones (excluding diaryl/α,β-unsaturated/α-hetero) is 2. The van der Waals surface area contributed by atoms with Crippen LogP contribution >= 0.6 is 15.9 Å². The molecule has 4 unspecified atom stereocenters. The van der Waals surface area contributed by atoms with Crippen LogP contribution in [0.25, 0.3) is 0 Å². The fourth-order valence-corrected chi connectivity index (χ4v) is 5.66. The highest BCUT2D eigenvalue weighted by molar-refractivity contribution is 9.10. The molecule has 0 aliphatic heterocycles. The van der Waals surface area contributed by atoms with Crippen LogP contribution in [0.1, 0.15) is 40.0 Å². The predicted molar refractivity (Wildman–Crippen MR) is 70.9 cm³/mol. The Morgan fingerprint density at radius 3 is 2.47 bits per heavy atom. The maximum absolute atomic E-state index is 12.4. The predicted octanol–water partition coefficient (Wildman–Crippen LogP) is 1.87. The smallest absolute Gasteiger partial charge is 0.209 e. The summed E-state index contributed by atoms with van der Waals surface area (Å²) in [5.74, 6) is -0.424. The zero-order valence-electron chi connectivity index (χ0n) is 11.0. The lowest BCUT2D eigenvalue weighted by atomic mass is 9.64. The Kier molecular flexibility index (Phi) is 3.57. The molecule has 0 N–H and O–H groups in total. The SMILES string of the molecule is CC(=O)C(Br)(OS(=O)[O-])C12CCC(CC1=O)C2(C)C. The van der Waals surface area contributed by atoms with Crippen molar-refractivity contribution >= 4 is 38.9 Å². The monoisotopic (exact) mass is 351 g/mol. The Bertz CT molecular complexity index is 477.